The maximum absolute atomic E-state index is 11.6. The molecule has 43 heavy (non-hydrogen) atoms. The number of carboxylic acid groups (broad SMARTS) is 1. The number of nitrogen functional groups attached to an aromatic ring is 2. The Kier molecular flexibility index (Phi) is 8.48. The molecule has 0 aliphatic rings. The monoisotopic (exact) mass is 572 g/mol. The molecule has 5 N–H and O–H groups in total. The highest BCUT2D eigenvalue weighted by atomic mass is 16.5. The molecule has 0 unspecified atom stereocenters. The molecule has 0 atom stereocenters. The Labute approximate surface area is 247 Å². The van der Waals surface area contributed by atoms with Crippen LogP contribution in [-0.4, -0.2) is 44.1 Å². The van der Waals surface area contributed by atoms with Crippen LogP contribution in [0.5, 0.6) is 0 Å². The van der Waals surface area contributed by atoms with Crippen molar-refractivity contribution >= 4 is 45.1 Å². The number of fused-ring (bicyclic) bond motifs is 2. The number of carbonyl (C=O) groups excluding carboxylic acids is 1. The number of aromatic carboxylic acids is 1. The molecule has 0 saturated heterocycles. The van der Waals surface area contributed by atoms with Crippen LogP contribution in [0.25, 0.3) is 21.8 Å². The normalized spacial score (nSPS) is 10.6. The molecule has 0 spiro atoms. The highest BCUT2D eigenvalue weighted by Crippen LogP contribution is 2.20. The van der Waals surface area contributed by atoms with E-state index in [-0.39, 0.29) is 11.5 Å². The van der Waals surface area contributed by atoms with E-state index in [1.54, 1.807) is 36.8 Å². The molecule has 0 amide bonds. The van der Waals surface area contributed by atoms with E-state index in [1.807, 2.05) is 48.5 Å². The molecular formula is C33H28N6O4. The van der Waals surface area contributed by atoms with Crippen LogP contribution < -0.4 is 11.5 Å². The first-order valence-corrected chi connectivity index (χ1v) is 13.3. The van der Waals surface area contributed by atoms with Gasteiger partial charge in [-0.25, -0.2) is 9.59 Å². The summed E-state index contributed by atoms with van der Waals surface area (Å²) in [6.07, 6.45) is 7.58. The van der Waals surface area contributed by atoms with Crippen LogP contribution in [-0.2, 0) is 17.6 Å². The molecule has 6 rings (SSSR count). The second-order valence-corrected chi connectivity index (χ2v) is 9.81. The Morgan fingerprint density at radius 3 is 1.65 bits per heavy atom. The van der Waals surface area contributed by atoms with Gasteiger partial charge in [-0.3, -0.25) is 19.9 Å². The average Bonchev–Trinajstić information content (AvgIpc) is 3.01. The van der Waals surface area contributed by atoms with Gasteiger partial charge in [-0.05, 0) is 71.8 Å². The van der Waals surface area contributed by atoms with Gasteiger partial charge in [0.15, 0.2) is 0 Å². The maximum atomic E-state index is 11.6. The molecule has 0 fully saturated rings. The van der Waals surface area contributed by atoms with E-state index in [0.717, 1.165) is 38.6 Å². The number of aromatic nitrogens is 4. The second kappa shape index (κ2) is 12.7. The molecule has 0 bridgehead atoms. The number of nitrogens with zero attached hydrogens (tertiary/aromatic N) is 4. The number of benzene rings is 2. The molecule has 0 saturated carbocycles. The van der Waals surface area contributed by atoms with Gasteiger partial charge in [0.1, 0.15) is 0 Å². The molecule has 214 valence electrons. The number of carboxylic acids is 1. The average molecular weight is 573 g/mol. The van der Waals surface area contributed by atoms with E-state index in [2.05, 4.69) is 19.9 Å². The standard InChI is InChI=1S/C17H15N3O2.C16H13N3O2/c1-22-17(21)12-4-5-19-15(9-12)7-11-2-3-16-13(6-11)8-14(18)10-20-16;17-13-7-12-5-10(1-2-15(12)19-9-13)6-14-8-11(16(20)21)3-4-18-14/h2-6,8-10H,7,18H2,1H3;1-5,7-9H,6,17H2,(H,20,21). The maximum Gasteiger partial charge on any atom is 0.337 e. The van der Waals surface area contributed by atoms with Crippen molar-refractivity contribution in [3.05, 3.63) is 131 Å². The van der Waals surface area contributed by atoms with E-state index < -0.39 is 5.97 Å². The fourth-order valence-electron chi connectivity index (χ4n) is 4.56. The van der Waals surface area contributed by atoms with Gasteiger partial charge >= 0.3 is 11.9 Å². The summed E-state index contributed by atoms with van der Waals surface area (Å²) < 4.78 is 4.72. The number of hydrogen-bond acceptors (Lipinski definition) is 9. The van der Waals surface area contributed by atoms with Crippen LogP contribution in [0.4, 0.5) is 11.4 Å². The SMILES string of the molecule is COC(=O)c1ccnc(Cc2ccc3ncc(N)cc3c2)c1.Nc1cnc2ccc(Cc3cc(C(=O)O)ccn3)cc2c1. The van der Waals surface area contributed by atoms with Crippen LogP contribution in [0.15, 0.2) is 97.6 Å². The highest BCUT2D eigenvalue weighted by Gasteiger charge is 2.08. The minimum absolute atomic E-state index is 0.242. The van der Waals surface area contributed by atoms with E-state index in [9.17, 15) is 9.59 Å². The zero-order valence-electron chi connectivity index (χ0n) is 23.3. The number of pyridine rings is 4. The minimum Gasteiger partial charge on any atom is -0.478 e. The zero-order chi connectivity index (χ0) is 30.3. The third-order valence-electron chi connectivity index (χ3n) is 6.61. The number of carbonyl (C=O) groups is 2. The van der Waals surface area contributed by atoms with Crippen molar-refractivity contribution in [2.24, 2.45) is 0 Å². The van der Waals surface area contributed by atoms with Gasteiger partial charge in [0.05, 0.1) is 53.0 Å². The van der Waals surface area contributed by atoms with Gasteiger partial charge in [0.25, 0.3) is 0 Å². The van der Waals surface area contributed by atoms with Crippen molar-refractivity contribution in [3.8, 4) is 0 Å². The topological polar surface area (TPSA) is 167 Å². The smallest absolute Gasteiger partial charge is 0.337 e. The summed E-state index contributed by atoms with van der Waals surface area (Å²) >= 11 is 0. The predicted octanol–water partition coefficient (Wildman–Crippen LogP) is 5.09. The molecule has 0 radical (unpaired) electrons. The van der Waals surface area contributed by atoms with Gasteiger partial charge in [-0.2, -0.15) is 0 Å². The fraction of sp³-hybridized carbons (Fsp3) is 0.0909. The van der Waals surface area contributed by atoms with Gasteiger partial charge in [-0.1, -0.05) is 12.1 Å². The van der Waals surface area contributed by atoms with E-state index in [1.165, 1.54) is 19.4 Å². The number of esters is 1. The lowest BCUT2D eigenvalue weighted by Crippen LogP contribution is -2.03. The number of nitrogens with two attached hydrogens (primary N) is 2. The summed E-state index contributed by atoms with van der Waals surface area (Å²) in [6.45, 7) is 0. The number of hydrogen-bond donors (Lipinski definition) is 3. The fourth-order valence-corrected chi connectivity index (χ4v) is 4.56. The van der Waals surface area contributed by atoms with Crippen molar-refractivity contribution in [2.45, 2.75) is 12.8 Å². The Morgan fingerprint density at radius 1 is 0.674 bits per heavy atom. The van der Waals surface area contributed by atoms with Crippen LogP contribution in [0, 0.1) is 0 Å². The van der Waals surface area contributed by atoms with Crippen molar-refractivity contribution in [1.29, 1.82) is 0 Å². The quantitative estimate of drug-likeness (QED) is 0.229. The minimum atomic E-state index is -0.950. The first-order chi connectivity index (χ1) is 20.8. The van der Waals surface area contributed by atoms with Crippen molar-refractivity contribution in [2.75, 3.05) is 18.6 Å². The van der Waals surface area contributed by atoms with E-state index in [4.69, 9.17) is 21.3 Å². The summed E-state index contributed by atoms with van der Waals surface area (Å²) in [4.78, 5) is 39.6. The summed E-state index contributed by atoms with van der Waals surface area (Å²) in [5.74, 6) is -1.31. The van der Waals surface area contributed by atoms with E-state index in [0.29, 0.717) is 35.5 Å². The predicted molar refractivity (Wildman–Crippen MR) is 165 cm³/mol. The summed E-state index contributed by atoms with van der Waals surface area (Å²) in [5, 5.41) is 10.9. The summed E-state index contributed by atoms with van der Waals surface area (Å²) in [5.41, 5.74) is 18.9. The van der Waals surface area contributed by atoms with Gasteiger partial charge in [-0.15, -0.1) is 0 Å². The Bertz CT molecular complexity index is 1960. The van der Waals surface area contributed by atoms with Crippen LogP contribution in [0.3, 0.4) is 0 Å². The number of rotatable bonds is 6. The van der Waals surface area contributed by atoms with Crippen LogP contribution in [0.1, 0.15) is 43.2 Å². The molecule has 0 aliphatic carbocycles. The highest BCUT2D eigenvalue weighted by molar-refractivity contribution is 5.89. The molecule has 0 aliphatic heterocycles. The molecule has 6 aromatic rings. The Balaban J connectivity index is 0.000000171. The van der Waals surface area contributed by atoms with E-state index >= 15 is 0 Å². The molecule has 4 aromatic heterocycles. The van der Waals surface area contributed by atoms with Crippen molar-refractivity contribution < 1.29 is 19.4 Å². The molecular weight excluding hydrogens is 544 g/mol. The van der Waals surface area contributed by atoms with Crippen molar-refractivity contribution in [3.63, 3.8) is 0 Å². The van der Waals surface area contributed by atoms with Crippen molar-refractivity contribution in [1.82, 2.24) is 19.9 Å². The zero-order valence-corrected chi connectivity index (χ0v) is 23.3. The first-order valence-electron chi connectivity index (χ1n) is 13.3. The number of methoxy groups -OCH3 is 1. The van der Waals surface area contributed by atoms with Gasteiger partial charge < -0.3 is 21.3 Å². The third kappa shape index (κ3) is 7.25. The summed E-state index contributed by atoms with van der Waals surface area (Å²) in [7, 11) is 1.36. The van der Waals surface area contributed by atoms with Crippen LogP contribution in [0.2, 0.25) is 0 Å². The van der Waals surface area contributed by atoms with Crippen LogP contribution >= 0.6 is 0 Å². The molecule has 4 heterocycles. The Hall–Kier alpha value is -5.90. The summed E-state index contributed by atoms with van der Waals surface area (Å²) in [6, 6.07) is 22.1. The second-order valence-electron chi connectivity index (χ2n) is 9.81. The molecule has 10 heteroatoms. The first kappa shape index (κ1) is 28.6. The lowest BCUT2D eigenvalue weighted by Gasteiger charge is -2.05. The van der Waals surface area contributed by atoms with Gasteiger partial charge in [0, 0.05) is 47.4 Å². The lowest BCUT2D eigenvalue weighted by molar-refractivity contribution is 0.0599. The molecule has 10 nitrogen and oxygen atoms in total. The number of ether oxygens (including phenoxy) is 1. The largest absolute Gasteiger partial charge is 0.478 e. The number of anilines is 2. The Morgan fingerprint density at radius 2 is 1.16 bits per heavy atom. The third-order valence-corrected chi connectivity index (χ3v) is 6.61. The van der Waals surface area contributed by atoms with Gasteiger partial charge in [0.2, 0.25) is 0 Å². The lowest BCUT2D eigenvalue weighted by atomic mass is 10.0. The molecule has 2 aromatic carbocycles.